The molecule has 6 heteroatoms. The smallest absolute Gasteiger partial charge is 0.222 e. The van der Waals surface area contributed by atoms with E-state index in [1.807, 2.05) is 18.2 Å². The predicted octanol–water partition coefficient (Wildman–Crippen LogP) is 2.67. The van der Waals surface area contributed by atoms with Crippen LogP contribution < -0.4 is 10.6 Å². The second-order valence-electron chi connectivity index (χ2n) is 5.73. The topological polar surface area (TPSA) is 72.1 Å². The second kappa shape index (κ2) is 5.62. The van der Waals surface area contributed by atoms with E-state index in [0.717, 1.165) is 29.0 Å². The standard InChI is InChI=1S/C17H16N4OS/c18-15(22)12-6-7-21(9-12)16-13-8-14(11-4-2-1-3-5-11)23-17(13)20-10-19-16/h1-5,8,10,12H,6-7,9H2,(H2,18,22)/t12-/m1/s1. The Balaban J connectivity index is 1.74. The summed E-state index contributed by atoms with van der Waals surface area (Å²) in [6.45, 7) is 1.44. The number of anilines is 1. The first-order valence-electron chi connectivity index (χ1n) is 7.56. The zero-order valence-corrected chi connectivity index (χ0v) is 13.3. The summed E-state index contributed by atoms with van der Waals surface area (Å²) in [7, 11) is 0. The number of nitrogens with two attached hydrogens (primary N) is 1. The van der Waals surface area contributed by atoms with Crippen molar-refractivity contribution >= 4 is 33.3 Å². The van der Waals surface area contributed by atoms with Gasteiger partial charge in [-0.2, -0.15) is 0 Å². The predicted molar refractivity (Wildman–Crippen MR) is 92.4 cm³/mol. The highest BCUT2D eigenvalue weighted by Crippen LogP contribution is 2.37. The van der Waals surface area contributed by atoms with E-state index in [4.69, 9.17) is 5.73 Å². The number of hydrogen-bond acceptors (Lipinski definition) is 5. The number of amides is 1. The molecule has 116 valence electrons. The average molecular weight is 324 g/mol. The largest absolute Gasteiger partial charge is 0.369 e. The van der Waals surface area contributed by atoms with Gasteiger partial charge >= 0.3 is 0 Å². The van der Waals surface area contributed by atoms with E-state index >= 15 is 0 Å². The van der Waals surface area contributed by atoms with Crippen LogP contribution in [0.3, 0.4) is 0 Å². The Hall–Kier alpha value is -2.47. The molecule has 0 bridgehead atoms. The van der Waals surface area contributed by atoms with Crippen LogP contribution in [0.15, 0.2) is 42.7 Å². The Morgan fingerprint density at radius 2 is 2.09 bits per heavy atom. The van der Waals surface area contributed by atoms with Crippen molar-refractivity contribution in [1.29, 1.82) is 0 Å². The summed E-state index contributed by atoms with van der Waals surface area (Å²) in [4.78, 5) is 24.5. The fourth-order valence-corrected chi connectivity index (χ4v) is 4.02. The summed E-state index contributed by atoms with van der Waals surface area (Å²) in [5.74, 6) is 0.581. The molecule has 1 saturated heterocycles. The third kappa shape index (κ3) is 2.55. The van der Waals surface area contributed by atoms with Crippen molar-refractivity contribution in [2.24, 2.45) is 11.7 Å². The highest BCUT2D eigenvalue weighted by molar-refractivity contribution is 7.21. The number of benzene rings is 1. The van der Waals surface area contributed by atoms with E-state index in [9.17, 15) is 4.79 Å². The maximum Gasteiger partial charge on any atom is 0.222 e. The summed E-state index contributed by atoms with van der Waals surface area (Å²) in [5.41, 5.74) is 6.61. The van der Waals surface area contributed by atoms with Crippen LogP contribution >= 0.6 is 11.3 Å². The van der Waals surface area contributed by atoms with Crippen LogP contribution in [0.4, 0.5) is 5.82 Å². The molecule has 3 aromatic rings. The minimum absolute atomic E-state index is 0.0905. The van der Waals surface area contributed by atoms with Crippen LogP contribution in [-0.4, -0.2) is 29.0 Å². The van der Waals surface area contributed by atoms with Crippen molar-refractivity contribution in [2.75, 3.05) is 18.0 Å². The van der Waals surface area contributed by atoms with E-state index in [1.165, 1.54) is 10.4 Å². The number of rotatable bonds is 3. The SMILES string of the molecule is NC(=O)[C@@H]1CCN(c2ncnc3sc(-c4ccccc4)cc23)C1. The highest BCUT2D eigenvalue weighted by Gasteiger charge is 2.28. The molecule has 3 heterocycles. The number of carbonyl (C=O) groups excluding carboxylic acids is 1. The van der Waals surface area contributed by atoms with E-state index in [-0.39, 0.29) is 11.8 Å². The van der Waals surface area contributed by atoms with Gasteiger partial charge in [0.1, 0.15) is 17.0 Å². The van der Waals surface area contributed by atoms with Crippen molar-refractivity contribution < 1.29 is 4.79 Å². The molecule has 0 unspecified atom stereocenters. The minimum atomic E-state index is -0.229. The third-order valence-electron chi connectivity index (χ3n) is 4.26. The molecule has 1 aliphatic rings. The van der Waals surface area contributed by atoms with E-state index < -0.39 is 0 Å². The maximum absolute atomic E-state index is 11.4. The van der Waals surface area contributed by atoms with Gasteiger partial charge in [-0.25, -0.2) is 9.97 Å². The van der Waals surface area contributed by atoms with E-state index in [0.29, 0.717) is 6.54 Å². The van der Waals surface area contributed by atoms with Crippen LogP contribution in [0.25, 0.3) is 20.7 Å². The molecule has 1 amide bonds. The molecule has 23 heavy (non-hydrogen) atoms. The Labute approximate surface area is 137 Å². The van der Waals surface area contributed by atoms with E-state index in [2.05, 4.69) is 33.1 Å². The van der Waals surface area contributed by atoms with Crippen LogP contribution in [-0.2, 0) is 4.79 Å². The zero-order valence-electron chi connectivity index (χ0n) is 12.5. The minimum Gasteiger partial charge on any atom is -0.369 e. The zero-order chi connectivity index (χ0) is 15.8. The van der Waals surface area contributed by atoms with Crippen molar-refractivity contribution in [1.82, 2.24) is 9.97 Å². The Kier molecular flexibility index (Phi) is 3.46. The Morgan fingerprint density at radius 3 is 2.83 bits per heavy atom. The van der Waals surface area contributed by atoms with Crippen LogP contribution in [0, 0.1) is 5.92 Å². The molecule has 2 N–H and O–H groups in total. The number of aromatic nitrogens is 2. The van der Waals surface area contributed by atoms with Crippen molar-refractivity contribution in [3.63, 3.8) is 0 Å². The maximum atomic E-state index is 11.4. The second-order valence-corrected chi connectivity index (χ2v) is 6.76. The van der Waals surface area contributed by atoms with Gasteiger partial charge in [0.15, 0.2) is 0 Å². The molecule has 5 nitrogen and oxygen atoms in total. The van der Waals surface area contributed by atoms with Crippen LogP contribution in [0.2, 0.25) is 0 Å². The molecule has 1 atom stereocenters. The van der Waals surface area contributed by atoms with E-state index in [1.54, 1.807) is 17.7 Å². The van der Waals surface area contributed by atoms with Gasteiger partial charge in [0, 0.05) is 18.0 Å². The lowest BCUT2D eigenvalue weighted by Crippen LogP contribution is -2.27. The first kappa shape index (κ1) is 14.1. The van der Waals surface area contributed by atoms with Crippen molar-refractivity contribution in [2.45, 2.75) is 6.42 Å². The van der Waals surface area contributed by atoms with Gasteiger partial charge in [0.25, 0.3) is 0 Å². The quantitative estimate of drug-likeness (QED) is 0.804. The molecule has 0 spiro atoms. The summed E-state index contributed by atoms with van der Waals surface area (Å²) >= 11 is 1.66. The van der Waals surface area contributed by atoms with Gasteiger partial charge in [0.2, 0.25) is 5.91 Å². The lowest BCUT2D eigenvalue weighted by atomic mass is 10.1. The molecule has 0 saturated carbocycles. The molecule has 1 fully saturated rings. The Morgan fingerprint density at radius 1 is 1.26 bits per heavy atom. The number of fused-ring (bicyclic) bond motifs is 1. The number of thiophene rings is 1. The van der Waals surface area contributed by atoms with Gasteiger partial charge in [-0.1, -0.05) is 30.3 Å². The fourth-order valence-electron chi connectivity index (χ4n) is 3.02. The monoisotopic (exact) mass is 324 g/mol. The van der Waals surface area contributed by atoms with Gasteiger partial charge in [-0.3, -0.25) is 4.79 Å². The molecule has 4 rings (SSSR count). The molecule has 0 radical (unpaired) electrons. The summed E-state index contributed by atoms with van der Waals surface area (Å²) in [6.07, 6.45) is 2.39. The average Bonchev–Trinajstić information content (AvgIpc) is 3.22. The summed E-state index contributed by atoms with van der Waals surface area (Å²) in [6, 6.07) is 12.4. The highest BCUT2D eigenvalue weighted by atomic mass is 32.1. The number of hydrogen-bond donors (Lipinski definition) is 1. The first-order chi connectivity index (χ1) is 11.2. The first-order valence-corrected chi connectivity index (χ1v) is 8.38. The molecular formula is C17H16N4OS. The van der Waals surface area contributed by atoms with Gasteiger partial charge in [-0.15, -0.1) is 11.3 Å². The number of primary amides is 1. The van der Waals surface area contributed by atoms with Crippen molar-refractivity contribution in [3.05, 3.63) is 42.7 Å². The van der Waals surface area contributed by atoms with Gasteiger partial charge in [-0.05, 0) is 18.1 Å². The van der Waals surface area contributed by atoms with Crippen LogP contribution in [0.5, 0.6) is 0 Å². The Bertz CT molecular complexity index is 861. The number of carbonyl (C=O) groups is 1. The normalized spacial score (nSPS) is 17.7. The van der Waals surface area contributed by atoms with Gasteiger partial charge in [0.05, 0.1) is 11.3 Å². The molecule has 0 aliphatic carbocycles. The lowest BCUT2D eigenvalue weighted by molar-refractivity contribution is -0.121. The molecule has 1 aliphatic heterocycles. The summed E-state index contributed by atoms with van der Waals surface area (Å²) < 4.78 is 0. The lowest BCUT2D eigenvalue weighted by Gasteiger charge is -2.17. The molecule has 2 aromatic heterocycles. The molecular weight excluding hydrogens is 308 g/mol. The van der Waals surface area contributed by atoms with Gasteiger partial charge < -0.3 is 10.6 Å². The summed E-state index contributed by atoms with van der Waals surface area (Å²) in [5, 5.41) is 1.04. The number of nitrogens with zero attached hydrogens (tertiary/aromatic N) is 3. The molecule has 1 aromatic carbocycles. The third-order valence-corrected chi connectivity index (χ3v) is 5.35. The fraction of sp³-hybridized carbons (Fsp3) is 0.235. The van der Waals surface area contributed by atoms with Crippen LogP contribution in [0.1, 0.15) is 6.42 Å². The van der Waals surface area contributed by atoms with Crippen molar-refractivity contribution in [3.8, 4) is 10.4 Å².